The summed E-state index contributed by atoms with van der Waals surface area (Å²) in [5.41, 5.74) is -0.0382. The fraction of sp³-hybridized carbons (Fsp3) is 0.765. The SMILES string of the molecule is CNc1cc(N(C)C2CCC(C)CC2)nc(C(C)(C)C)n1. The molecule has 0 saturated heterocycles. The van der Waals surface area contributed by atoms with E-state index in [4.69, 9.17) is 4.98 Å². The van der Waals surface area contributed by atoms with Crippen LogP contribution in [0.4, 0.5) is 11.6 Å². The maximum atomic E-state index is 4.82. The van der Waals surface area contributed by atoms with Crippen LogP contribution in [0.25, 0.3) is 0 Å². The first-order valence-corrected chi connectivity index (χ1v) is 8.11. The third-order valence-corrected chi connectivity index (χ3v) is 4.53. The predicted molar refractivity (Wildman–Crippen MR) is 90.1 cm³/mol. The molecule has 0 spiro atoms. The molecule has 1 aromatic heterocycles. The summed E-state index contributed by atoms with van der Waals surface area (Å²) < 4.78 is 0. The lowest BCUT2D eigenvalue weighted by Gasteiger charge is -2.35. The van der Waals surface area contributed by atoms with Crippen LogP contribution in [0, 0.1) is 5.92 Å². The van der Waals surface area contributed by atoms with Gasteiger partial charge in [-0.15, -0.1) is 0 Å². The predicted octanol–water partition coefficient (Wildman–Crippen LogP) is 3.83. The zero-order valence-electron chi connectivity index (χ0n) is 14.4. The Morgan fingerprint density at radius 3 is 2.29 bits per heavy atom. The Morgan fingerprint density at radius 2 is 1.76 bits per heavy atom. The summed E-state index contributed by atoms with van der Waals surface area (Å²) in [6.07, 6.45) is 5.18. The van der Waals surface area contributed by atoms with Crippen LogP contribution in [-0.4, -0.2) is 30.1 Å². The van der Waals surface area contributed by atoms with Crippen LogP contribution in [0.5, 0.6) is 0 Å². The molecule has 1 fully saturated rings. The van der Waals surface area contributed by atoms with Crippen LogP contribution >= 0.6 is 0 Å². The minimum atomic E-state index is -0.0382. The molecule has 0 amide bonds. The molecular formula is C17H30N4. The van der Waals surface area contributed by atoms with Gasteiger partial charge < -0.3 is 10.2 Å². The van der Waals surface area contributed by atoms with Crippen molar-refractivity contribution >= 4 is 11.6 Å². The minimum absolute atomic E-state index is 0.0382. The molecule has 4 nitrogen and oxygen atoms in total. The van der Waals surface area contributed by atoms with Gasteiger partial charge in [-0.05, 0) is 31.6 Å². The number of nitrogens with one attached hydrogen (secondary N) is 1. The van der Waals surface area contributed by atoms with Gasteiger partial charge in [-0.25, -0.2) is 9.97 Å². The van der Waals surface area contributed by atoms with Gasteiger partial charge in [0.05, 0.1) is 0 Å². The average Bonchev–Trinajstić information content (AvgIpc) is 2.46. The highest BCUT2D eigenvalue weighted by Crippen LogP contribution is 2.30. The molecule has 2 rings (SSSR count). The van der Waals surface area contributed by atoms with Gasteiger partial charge in [0.1, 0.15) is 17.5 Å². The van der Waals surface area contributed by atoms with Crippen LogP contribution in [0.3, 0.4) is 0 Å². The highest BCUT2D eigenvalue weighted by molar-refractivity contribution is 5.50. The van der Waals surface area contributed by atoms with Gasteiger partial charge in [0, 0.05) is 31.6 Å². The maximum Gasteiger partial charge on any atom is 0.138 e. The molecule has 4 heteroatoms. The van der Waals surface area contributed by atoms with Crippen molar-refractivity contribution in [1.82, 2.24) is 9.97 Å². The van der Waals surface area contributed by atoms with Gasteiger partial charge in [-0.1, -0.05) is 27.7 Å². The topological polar surface area (TPSA) is 41.0 Å². The second kappa shape index (κ2) is 6.20. The Morgan fingerprint density at radius 1 is 1.14 bits per heavy atom. The molecule has 0 unspecified atom stereocenters. The van der Waals surface area contributed by atoms with Gasteiger partial charge in [0.15, 0.2) is 0 Å². The lowest BCUT2D eigenvalue weighted by Crippen LogP contribution is -2.36. The van der Waals surface area contributed by atoms with Crippen LogP contribution in [-0.2, 0) is 5.41 Å². The summed E-state index contributed by atoms with van der Waals surface area (Å²) in [7, 11) is 4.09. The van der Waals surface area contributed by atoms with Crippen molar-refractivity contribution in [2.45, 2.75) is 64.8 Å². The van der Waals surface area contributed by atoms with Crippen LogP contribution in [0.15, 0.2) is 6.07 Å². The van der Waals surface area contributed by atoms with E-state index >= 15 is 0 Å². The molecule has 0 atom stereocenters. The Kier molecular flexibility index (Phi) is 4.74. The standard InChI is InChI=1S/C17H30N4/c1-12-7-9-13(10-8-12)21(6)15-11-14(18-5)19-16(20-15)17(2,3)4/h11-13H,7-10H2,1-6H3,(H,18,19,20). The molecule has 1 aliphatic rings. The number of hydrogen-bond acceptors (Lipinski definition) is 4. The number of anilines is 2. The molecule has 0 aromatic carbocycles. The van der Waals surface area contributed by atoms with Crippen LogP contribution < -0.4 is 10.2 Å². The van der Waals surface area contributed by atoms with Crippen molar-refractivity contribution in [3.05, 3.63) is 11.9 Å². The van der Waals surface area contributed by atoms with E-state index < -0.39 is 0 Å². The molecular weight excluding hydrogens is 260 g/mol. The molecule has 21 heavy (non-hydrogen) atoms. The molecule has 0 bridgehead atoms. The van der Waals surface area contributed by atoms with E-state index in [1.165, 1.54) is 25.7 Å². The van der Waals surface area contributed by atoms with E-state index in [0.717, 1.165) is 23.4 Å². The normalized spacial score (nSPS) is 23.0. The first-order valence-electron chi connectivity index (χ1n) is 8.11. The number of hydrogen-bond donors (Lipinski definition) is 1. The molecule has 1 saturated carbocycles. The van der Waals surface area contributed by atoms with Gasteiger partial charge in [-0.3, -0.25) is 0 Å². The van der Waals surface area contributed by atoms with E-state index in [0.29, 0.717) is 6.04 Å². The van der Waals surface area contributed by atoms with Crippen LogP contribution in [0.1, 0.15) is 59.2 Å². The van der Waals surface area contributed by atoms with E-state index in [-0.39, 0.29) is 5.41 Å². The molecule has 1 aliphatic carbocycles. The fourth-order valence-corrected chi connectivity index (χ4v) is 2.90. The van der Waals surface area contributed by atoms with E-state index in [2.05, 4.69) is 56.0 Å². The number of aromatic nitrogens is 2. The first-order chi connectivity index (χ1) is 9.81. The molecule has 1 heterocycles. The zero-order chi connectivity index (χ0) is 15.6. The Hall–Kier alpha value is -1.32. The summed E-state index contributed by atoms with van der Waals surface area (Å²) in [6.45, 7) is 8.84. The van der Waals surface area contributed by atoms with Gasteiger partial charge >= 0.3 is 0 Å². The zero-order valence-corrected chi connectivity index (χ0v) is 14.4. The maximum absolute atomic E-state index is 4.82. The number of rotatable bonds is 3. The summed E-state index contributed by atoms with van der Waals surface area (Å²) in [5.74, 6) is 3.72. The largest absolute Gasteiger partial charge is 0.373 e. The Bertz CT molecular complexity index is 470. The minimum Gasteiger partial charge on any atom is -0.373 e. The molecule has 0 aliphatic heterocycles. The number of nitrogens with zero attached hydrogens (tertiary/aromatic N) is 3. The summed E-state index contributed by atoms with van der Waals surface area (Å²) >= 11 is 0. The van der Waals surface area contributed by atoms with Gasteiger partial charge in [0.25, 0.3) is 0 Å². The van der Waals surface area contributed by atoms with Crippen molar-refractivity contribution in [2.75, 3.05) is 24.3 Å². The molecule has 1 aromatic rings. The van der Waals surface area contributed by atoms with Crippen molar-refractivity contribution in [3.63, 3.8) is 0 Å². The monoisotopic (exact) mass is 290 g/mol. The van der Waals surface area contributed by atoms with Crippen LogP contribution in [0.2, 0.25) is 0 Å². The summed E-state index contributed by atoms with van der Waals surface area (Å²) in [6, 6.07) is 2.67. The van der Waals surface area contributed by atoms with E-state index in [1.54, 1.807) is 0 Å². The lowest BCUT2D eigenvalue weighted by molar-refractivity contribution is 0.339. The van der Waals surface area contributed by atoms with E-state index in [1.807, 2.05) is 7.05 Å². The lowest BCUT2D eigenvalue weighted by atomic mass is 9.87. The second-order valence-corrected chi connectivity index (χ2v) is 7.46. The molecule has 118 valence electrons. The van der Waals surface area contributed by atoms with Crippen molar-refractivity contribution in [2.24, 2.45) is 5.92 Å². The van der Waals surface area contributed by atoms with E-state index in [9.17, 15) is 0 Å². The van der Waals surface area contributed by atoms with Crippen molar-refractivity contribution < 1.29 is 0 Å². The Labute approximate surface area is 129 Å². The smallest absolute Gasteiger partial charge is 0.138 e. The third kappa shape index (κ3) is 3.86. The highest BCUT2D eigenvalue weighted by Gasteiger charge is 2.25. The Balaban J connectivity index is 2.25. The van der Waals surface area contributed by atoms with Crippen molar-refractivity contribution in [3.8, 4) is 0 Å². The molecule has 0 radical (unpaired) electrons. The molecule has 1 N–H and O–H groups in total. The summed E-state index contributed by atoms with van der Waals surface area (Å²) in [5, 5.41) is 3.17. The first kappa shape index (κ1) is 16.1. The third-order valence-electron chi connectivity index (χ3n) is 4.53. The highest BCUT2D eigenvalue weighted by atomic mass is 15.2. The summed E-state index contributed by atoms with van der Waals surface area (Å²) in [4.78, 5) is 11.8. The van der Waals surface area contributed by atoms with Crippen molar-refractivity contribution in [1.29, 1.82) is 0 Å². The fourth-order valence-electron chi connectivity index (χ4n) is 2.90. The average molecular weight is 290 g/mol. The van der Waals surface area contributed by atoms with Gasteiger partial charge in [-0.2, -0.15) is 0 Å². The second-order valence-electron chi connectivity index (χ2n) is 7.46. The quantitative estimate of drug-likeness (QED) is 0.918. The van der Waals surface area contributed by atoms with Gasteiger partial charge in [0.2, 0.25) is 0 Å².